The van der Waals surface area contributed by atoms with Crippen molar-refractivity contribution in [1.82, 2.24) is 19.9 Å². The van der Waals surface area contributed by atoms with Gasteiger partial charge in [-0.2, -0.15) is 0 Å². The van der Waals surface area contributed by atoms with Gasteiger partial charge in [-0.1, -0.05) is 36.9 Å². The van der Waals surface area contributed by atoms with E-state index >= 15 is 0 Å². The number of likely N-dealkylation sites (tertiary alicyclic amines) is 1. The lowest BCUT2D eigenvalue weighted by molar-refractivity contribution is -0.125. The highest BCUT2D eigenvalue weighted by molar-refractivity contribution is 6.02. The molecule has 6 heteroatoms. The maximum absolute atomic E-state index is 11.9. The molecule has 1 aliphatic rings. The summed E-state index contributed by atoms with van der Waals surface area (Å²) in [5, 5.41) is 0. The van der Waals surface area contributed by atoms with Crippen molar-refractivity contribution in [1.29, 1.82) is 0 Å². The van der Waals surface area contributed by atoms with E-state index in [1.165, 1.54) is 6.08 Å². The number of carbonyl (C=O) groups is 1. The van der Waals surface area contributed by atoms with Crippen molar-refractivity contribution in [3.8, 4) is 28.1 Å². The van der Waals surface area contributed by atoms with Crippen molar-refractivity contribution in [2.45, 2.75) is 12.5 Å². The summed E-state index contributed by atoms with van der Waals surface area (Å²) in [7, 11) is 0. The summed E-state index contributed by atoms with van der Waals surface area (Å²) in [5.74, 6) is 0.620. The number of nitrogens with zero attached hydrogens (tertiary/aromatic N) is 3. The van der Waals surface area contributed by atoms with Crippen molar-refractivity contribution >= 4 is 16.9 Å². The van der Waals surface area contributed by atoms with Crippen molar-refractivity contribution in [3.05, 3.63) is 79.8 Å². The second-order valence-corrected chi connectivity index (χ2v) is 7.53. The van der Waals surface area contributed by atoms with Gasteiger partial charge in [-0.25, -0.2) is 0 Å². The average molecular weight is 410 g/mol. The highest BCUT2D eigenvalue weighted by Gasteiger charge is 2.28. The summed E-state index contributed by atoms with van der Waals surface area (Å²) in [4.78, 5) is 26.1. The molecule has 5 rings (SSSR count). The van der Waals surface area contributed by atoms with Crippen LogP contribution in [-0.2, 0) is 4.79 Å². The van der Waals surface area contributed by atoms with Gasteiger partial charge in [-0.3, -0.25) is 14.8 Å². The Labute approximate surface area is 180 Å². The Kier molecular flexibility index (Phi) is 4.96. The second-order valence-electron chi connectivity index (χ2n) is 7.53. The van der Waals surface area contributed by atoms with Gasteiger partial charge in [0, 0.05) is 36.5 Å². The molecule has 0 aliphatic carbocycles. The van der Waals surface area contributed by atoms with Crippen molar-refractivity contribution in [2.24, 2.45) is 0 Å². The van der Waals surface area contributed by atoms with Crippen molar-refractivity contribution in [2.75, 3.05) is 13.1 Å². The van der Waals surface area contributed by atoms with Gasteiger partial charge in [0.1, 0.15) is 11.9 Å². The van der Waals surface area contributed by atoms with Gasteiger partial charge in [0.25, 0.3) is 0 Å². The third-order valence-corrected chi connectivity index (χ3v) is 5.60. The molecule has 4 heterocycles. The molecule has 31 heavy (non-hydrogen) atoms. The highest BCUT2D eigenvalue weighted by atomic mass is 16.5. The van der Waals surface area contributed by atoms with Gasteiger partial charge in [0.05, 0.1) is 29.5 Å². The largest absolute Gasteiger partial charge is 0.486 e. The maximum atomic E-state index is 11.9. The summed E-state index contributed by atoms with van der Waals surface area (Å²) >= 11 is 0. The number of aromatic nitrogens is 3. The van der Waals surface area contributed by atoms with Crippen LogP contribution in [0.15, 0.2) is 79.8 Å². The molecule has 0 unspecified atom stereocenters. The van der Waals surface area contributed by atoms with Crippen LogP contribution in [0.1, 0.15) is 6.42 Å². The van der Waals surface area contributed by atoms with Crippen LogP contribution in [0.25, 0.3) is 33.4 Å². The first-order valence-electron chi connectivity index (χ1n) is 10.3. The van der Waals surface area contributed by atoms with E-state index in [9.17, 15) is 4.79 Å². The van der Waals surface area contributed by atoms with Crippen LogP contribution in [0.3, 0.4) is 0 Å². The topological polar surface area (TPSA) is 71.1 Å². The quantitative estimate of drug-likeness (QED) is 0.493. The van der Waals surface area contributed by atoms with Gasteiger partial charge in [-0.15, -0.1) is 0 Å². The Bertz CT molecular complexity index is 1250. The minimum absolute atomic E-state index is 0.0643. The number of rotatable bonds is 5. The van der Waals surface area contributed by atoms with E-state index < -0.39 is 0 Å². The zero-order chi connectivity index (χ0) is 21.2. The lowest BCUT2D eigenvalue weighted by atomic mass is 10.0. The average Bonchev–Trinajstić information content (AvgIpc) is 3.44. The predicted molar refractivity (Wildman–Crippen MR) is 121 cm³/mol. The van der Waals surface area contributed by atoms with Crippen LogP contribution in [-0.4, -0.2) is 45.0 Å². The van der Waals surface area contributed by atoms with Crippen LogP contribution in [0.2, 0.25) is 0 Å². The summed E-state index contributed by atoms with van der Waals surface area (Å²) in [5.41, 5.74) is 5.84. The van der Waals surface area contributed by atoms with E-state index in [1.807, 2.05) is 36.4 Å². The van der Waals surface area contributed by atoms with E-state index in [0.717, 1.165) is 39.8 Å². The molecule has 1 N–H and O–H groups in total. The Hall–Kier alpha value is -3.93. The van der Waals surface area contributed by atoms with Gasteiger partial charge in [-0.05, 0) is 29.8 Å². The van der Waals surface area contributed by atoms with Crippen LogP contribution < -0.4 is 4.74 Å². The molecule has 0 radical (unpaired) electrons. The zero-order valence-electron chi connectivity index (χ0n) is 17.0. The van der Waals surface area contributed by atoms with E-state index in [2.05, 4.69) is 33.7 Å². The molecular formula is C25H22N4O2. The molecule has 1 aliphatic heterocycles. The number of hydrogen-bond donors (Lipinski definition) is 1. The molecule has 0 bridgehead atoms. The van der Waals surface area contributed by atoms with Gasteiger partial charge in [0.15, 0.2) is 0 Å². The van der Waals surface area contributed by atoms with E-state index in [-0.39, 0.29) is 12.0 Å². The van der Waals surface area contributed by atoms with Crippen molar-refractivity contribution in [3.63, 3.8) is 0 Å². The standard InChI is InChI=1S/C25H22N4O2/c1-2-22(30)29-14-11-18(16-29)31-21-15-26-13-10-19(21)24-23(17-7-4-3-5-8-17)25-20(28-24)9-6-12-27-25/h2-10,12-13,15,18,28H,1,11,14,16H2/t18-/m1/s1. The van der Waals surface area contributed by atoms with Crippen LogP contribution in [0.4, 0.5) is 0 Å². The summed E-state index contributed by atoms with van der Waals surface area (Å²) in [6, 6.07) is 16.1. The number of hydrogen-bond acceptors (Lipinski definition) is 4. The normalized spacial score (nSPS) is 15.9. The minimum atomic E-state index is -0.0884. The molecule has 1 aromatic carbocycles. The predicted octanol–water partition coefficient (Wildman–Crippen LogP) is 4.46. The Morgan fingerprint density at radius 3 is 2.87 bits per heavy atom. The molecule has 6 nitrogen and oxygen atoms in total. The Balaban J connectivity index is 1.57. The van der Waals surface area contributed by atoms with E-state index in [1.54, 1.807) is 23.5 Å². The number of pyridine rings is 2. The number of nitrogens with one attached hydrogen (secondary N) is 1. The number of ether oxygens (including phenoxy) is 1. The highest BCUT2D eigenvalue weighted by Crippen LogP contribution is 2.40. The van der Waals surface area contributed by atoms with E-state index in [4.69, 9.17) is 4.74 Å². The summed E-state index contributed by atoms with van der Waals surface area (Å²) < 4.78 is 6.34. The van der Waals surface area contributed by atoms with Crippen molar-refractivity contribution < 1.29 is 9.53 Å². The SMILES string of the molecule is C=CC(=O)N1CC[C@@H](Oc2cnccc2-c2[nH]c3cccnc3c2-c2ccccc2)C1. The third kappa shape index (κ3) is 3.57. The molecular weight excluding hydrogens is 388 g/mol. The number of carbonyl (C=O) groups excluding carboxylic acids is 1. The summed E-state index contributed by atoms with van der Waals surface area (Å²) in [6.07, 6.45) is 7.34. The van der Waals surface area contributed by atoms with Gasteiger partial charge < -0.3 is 14.6 Å². The van der Waals surface area contributed by atoms with Crippen LogP contribution >= 0.6 is 0 Å². The van der Waals surface area contributed by atoms with Gasteiger partial charge in [0.2, 0.25) is 5.91 Å². The fraction of sp³-hybridized carbons (Fsp3) is 0.160. The zero-order valence-corrected chi connectivity index (χ0v) is 17.0. The fourth-order valence-corrected chi connectivity index (χ4v) is 4.12. The fourth-order valence-electron chi connectivity index (χ4n) is 4.12. The van der Waals surface area contributed by atoms with E-state index in [0.29, 0.717) is 18.8 Å². The van der Waals surface area contributed by atoms with Gasteiger partial charge >= 0.3 is 0 Å². The number of benzene rings is 1. The summed E-state index contributed by atoms with van der Waals surface area (Å²) in [6.45, 7) is 4.78. The Morgan fingerprint density at radius 2 is 2.03 bits per heavy atom. The molecule has 1 saturated heterocycles. The molecule has 1 amide bonds. The molecule has 1 atom stereocenters. The second kappa shape index (κ2) is 8.07. The smallest absolute Gasteiger partial charge is 0.246 e. The third-order valence-electron chi connectivity index (χ3n) is 5.60. The number of fused-ring (bicyclic) bond motifs is 1. The van der Waals surface area contributed by atoms with Crippen LogP contribution in [0, 0.1) is 0 Å². The molecule has 3 aromatic heterocycles. The minimum Gasteiger partial charge on any atom is -0.486 e. The molecule has 154 valence electrons. The molecule has 0 saturated carbocycles. The first kappa shape index (κ1) is 19.1. The number of aromatic amines is 1. The Morgan fingerprint density at radius 1 is 1.16 bits per heavy atom. The van der Waals surface area contributed by atoms with Crippen LogP contribution in [0.5, 0.6) is 5.75 Å². The number of amides is 1. The number of H-pyrrole nitrogens is 1. The molecule has 0 spiro atoms. The first-order chi connectivity index (χ1) is 15.2. The lowest BCUT2D eigenvalue weighted by Crippen LogP contribution is -2.29. The lowest BCUT2D eigenvalue weighted by Gasteiger charge is -2.17. The molecule has 1 fully saturated rings. The monoisotopic (exact) mass is 410 g/mol. The maximum Gasteiger partial charge on any atom is 0.246 e. The molecule has 4 aromatic rings. The first-order valence-corrected chi connectivity index (χ1v) is 10.3.